The Bertz CT molecular complexity index is 389. The Hall–Kier alpha value is 1.87. The van der Waals surface area contributed by atoms with Crippen molar-refractivity contribution in [1.82, 2.24) is 0 Å². The van der Waals surface area contributed by atoms with E-state index in [-0.39, 0.29) is 3.42 Å². The number of alkyl halides is 1. The van der Waals surface area contributed by atoms with E-state index in [1.165, 1.54) is 7.16 Å². The van der Waals surface area contributed by atoms with E-state index in [0.29, 0.717) is 0 Å². The van der Waals surface area contributed by atoms with Crippen molar-refractivity contribution in [2.24, 2.45) is 5.92 Å². The number of carboxylic acids is 1. The number of hydrogen-bond acceptors (Lipinski definition) is 1. The van der Waals surface area contributed by atoms with Gasteiger partial charge in [0.05, 0.1) is 3.42 Å². The molecule has 0 fully saturated rings. The van der Waals surface area contributed by atoms with Crippen molar-refractivity contribution in [2.75, 3.05) is 0 Å². The fourth-order valence-corrected chi connectivity index (χ4v) is 7.46. The summed E-state index contributed by atoms with van der Waals surface area (Å²) < 4.78 is 3.01. The topological polar surface area (TPSA) is 37.3 Å². The van der Waals surface area contributed by atoms with Gasteiger partial charge in [0.1, 0.15) is 5.92 Å². The third kappa shape index (κ3) is 3.70. The highest BCUT2D eigenvalue weighted by Crippen LogP contribution is 2.53. The average molecular weight is 684 g/mol. The molecule has 0 spiro atoms. The summed E-state index contributed by atoms with van der Waals surface area (Å²) in [6.07, 6.45) is 5.07. The normalized spacial score (nSPS) is 29.2. The predicted molar refractivity (Wildman–Crippen MR) is 105 cm³/mol. The molecular formula is C11H12I4O2. The first-order valence-electron chi connectivity index (χ1n) is 5.19. The Kier molecular flexibility index (Phi) is 7.01. The third-order valence-corrected chi connectivity index (χ3v) is 9.81. The maximum Gasteiger partial charge on any atom is 0.313 e. The van der Waals surface area contributed by atoms with Crippen LogP contribution in [-0.4, -0.2) is 14.5 Å². The molecule has 1 rings (SSSR count). The van der Waals surface area contributed by atoms with Crippen molar-refractivity contribution in [3.63, 3.8) is 0 Å². The number of rotatable bonds is 4. The molecule has 96 valence electrons. The Morgan fingerprint density at radius 3 is 2.53 bits per heavy atom. The molecule has 0 amide bonds. The summed E-state index contributed by atoms with van der Waals surface area (Å²) >= 11 is 9.13. The van der Waals surface area contributed by atoms with Gasteiger partial charge in [0.2, 0.25) is 0 Å². The van der Waals surface area contributed by atoms with Crippen LogP contribution in [0.15, 0.2) is 16.8 Å². The lowest BCUT2D eigenvalue weighted by Gasteiger charge is -2.37. The molecule has 0 radical (unpaired) electrons. The van der Waals surface area contributed by atoms with Crippen LogP contribution in [0.2, 0.25) is 0 Å². The quantitative estimate of drug-likeness (QED) is 0.316. The van der Waals surface area contributed by atoms with Crippen molar-refractivity contribution >= 4 is 96.3 Å². The first-order valence-corrected chi connectivity index (χ1v) is 9.50. The monoisotopic (exact) mass is 684 g/mol. The number of allylic oxidation sites excluding steroid dienone is 3. The van der Waals surface area contributed by atoms with Gasteiger partial charge >= 0.3 is 5.97 Å². The molecule has 17 heavy (non-hydrogen) atoms. The Balaban J connectivity index is 3.20. The molecule has 0 saturated heterocycles. The standard InChI is InChI=1S/C11H12I4O2/c1-2-3-4-11(15)8(10(16)17)6(12)5-7(13)9(11)14/h5,8H,2-4H2,1H3,(H,16,17). The number of hydrogen-bond donors (Lipinski definition) is 1. The van der Waals surface area contributed by atoms with Crippen molar-refractivity contribution in [2.45, 2.75) is 29.6 Å². The van der Waals surface area contributed by atoms with Gasteiger partial charge in [0, 0.05) is 10.7 Å². The minimum atomic E-state index is -0.714. The van der Waals surface area contributed by atoms with Crippen molar-refractivity contribution in [3.05, 3.63) is 16.8 Å². The van der Waals surface area contributed by atoms with E-state index in [1.54, 1.807) is 0 Å². The van der Waals surface area contributed by atoms with Gasteiger partial charge in [-0.05, 0) is 80.3 Å². The Labute approximate surface area is 156 Å². The van der Waals surface area contributed by atoms with E-state index in [1.807, 2.05) is 6.08 Å². The molecule has 1 aliphatic rings. The van der Waals surface area contributed by atoms with E-state index in [4.69, 9.17) is 0 Å². The fraction of sp³-hybridized carbons (Fsp3) is 0.545. The molecule has 0 aromatic rings. The number of carboxylic acid groups (broad SMARTS) is 1. The molecule has 0 aromatic carbocycles. The number of halogens is 4. The first kappa shape index (κ1) is 16.9. The first-order chi connectivity index (χ1) is 7.84. The van der Waals surface area contributed by atoms with Gasteiger partial charge in [-0.25, -0.2) is 0 Å². The van der Waals surface area contributed by atoms with Crippen LogP contribution >= 0.6 is 90.4 Å². The van der Waals surface area contributed by atoms with E-state index in [2.05, 4.69) is 97.3 Å². The molecule has 1 N–H and O–H groups in total. The minimum Gasteiger partial charge on any atom is -0.481 e. The predicted octanol–water partition coefficient (Wildman–Crippen LogP) is 5.47. The molecule has 0 saturated carbocycles. The van der Waals surface area contributed by atoms with Gasteiger partial charge in [-0.3, -0.25) is 4.79 Å². The van der Waals surface area contributed by atoms with Crippen LogP contribution < -0.4 is 0 Å². The molecule has 0 aliphatic heterocycles. The molecule has 2 atom stereocenters. The minimum absolute atomic E-state index is 0.276. The molecule has 2 unspecified atom stereocenters. The zero-order valence-electron chi connectivity index (χ0n) is 9.14. The zero-order valence-corrected chi connectivity index (χ0v) is 17.8. The highest BCUT2D eigenvalue weighted by atomic mass is 127. The molecular weight excluding hydrogens is 672 g/mol. The maximum absolute atomic E-state index is 11.5. The zero-order chi connectivity index (χ0) is 13.2. The van der Waals surface area contributed by atoms with Gasteiger partial charge < -0.3 is 5.11 Å². The SMILES string of the molecule is CCCCC1(I)C(I)=C(I)C=C(I)C1C(=O)O. The van der Waals surface area contributed by atoms with E-state index in [9.17, 15) is 9.90 Å². The number of aliphatic carboxylic acids is 1. The summed E-state index contributed by atoms with van der Waals surface area (Å²) in [4.78, 5) is 11.5. The average Bonchev–Trinajstić information content (AvgIpc) is 2.23. The second-order valence-electron chi connectivity index (χ2n) is 3.93. The Morgan fingerprint density at radius 1 is 1.47 bits per heavy atom. The van der Waals surface area contributed by atoms with Gasteiger partial charge in [-0.2, -0.15) is 0 Å². The molecule has 0 aromatic heterocycles. The van der Waals surface area contributed by atoms with E-state index < -0.39 is 11.9 Å². The van der Waals surface area contributed by atoms with Gasteiger partial charge in [0.25, 0.3) is 0 Å². The summed E-state index contributed by atoms with van der Waals surface area (Å²) in [5, 5.41) is 9.47. The second-order valence-corrected chi connectivity index (χ2v) is 9.34. The van der Waals surface area contributed by atoms with Crippen molar-refractivity contribution < 1.29 is 9.90 Å². The summed E-state index contributed by atoms with van der Waals surface area (Å²) in [5.74, 6) is -1.12. The van der Waals surface area contributed by atoms with E-state index in [0.717, 1.165) is 22.8 Å². The van der Waals surface area contributed by atoms with Crippen LogP contribution in [0.5, 0.6) is 0 Å². The van der Waals surface area contributed by atoms with Crippen LogP contribution in [0.25, 0.3) is 0 Å². The molecule has 1 aliphatic carbocycles. The molecule has 0 bridgehead atoms. The highest BCUT2D eigenvalue weighted by Gasteiger charge is 2.47. The van der Waals surface area contributed by atoms with Gasteiger partial charge in [-0.1, -0.05) is 42.4 Å². The summed E-state index contributed by atoms with van der Waals surface area (Å²) in [5.41, 5.74) is 0. The lowest BCUT2D eigenvalue weighted by molar-refractivity contribution is -0.140. The molecule has 6 heteroatoms. The van der Waals surface area contributed by atoms with Crippen LogP contribution in [-0.2, 0) is 4.79 Å². The second kappa shape index (κ2) is 7.04. The number of carbonyl (C=O) groups is 1. The van der Waals surface area contributed by atoms with Crippen LogP contribution in [0.3, 0.4) is 0 Å². The van der Waals surface area contributed by atoms with Crippen LogP contribution in [0, 0.1) is 5.92 Å². The Morgan fingerprint density at radius 2 is 2.06 bits per heavy atom. The van der Waals surface area contributed by atoms with Gasteiger partial charge in [-0.15, -0.1) is 0 Å². The van der Waals surface area contributed by atoms with Crippen molar-refractivity contribution in [1.29, 1.82) is 0 Å². The summed E-state index contributed by atoms with van der Waals surface area (Å²) in [7, 11) is 0. The van der Waals surface area contributed by atoms with Crippen LogP contribution in [0.4, 0.5) is 0 Å². The lowest BCUT2D eigenvalue weighted by Crippen LogP contribution is -2.39. The molecule has 0 heterocycles. The molecule has 2 nitrogen and oxygen atoms in total. The maximum atomic E-state index is 11.5. The fourth-order valence-electron chi connectivity index (χ4n) is 1.81. The third-order valence-electron chi connectivity index (χ3n) is 2.71. The van der Waals surface area contributed by atoms with Gasteiger partial charge in [0.15, 0.2) is 0 Å². The lowest BCUT2D eigenvalue weighted by atomic mass is 9.84. The van der Waals surface area contributed by atoms with E-state index >= 15 is 0 Å². The van der Waals surface area contributed by atoms with Crippen LogP contribution in [0.1, 0.15) is 26.2 Å². The van der Waals surface area contributed by atoms with Crippen molar-refractivity contribution in [3.8, 4) is 0 Å². The summed E-state index contributed by atoms with van der Waals surface area (Å²) in [6, 6.07) is 0. The highest BCUT2D eigenvalue weighted by molar-refractivity contribution is 14.1. The summed E-state index contributed by atoms with van der Waals surface area (Å²) in [6.45, 7) is 2.14. The largest absolute Gasteiger partial charge is 0.481 e. The smallest absolute Gasteiger partial charge is 0.313 e. The number of unbranched alkanes of at least 4 members (excludes halogenated alkanes) is 1.